The Hall–Kier alpha value is -2.16. The number of hydrogen-bond donors (Lipinski definition) is 2. The summed E-state index contributed by atoms with van der Waals surface area (Å²) >= 11 is 0. The first-order valence-electron chi connectivity index (χ1n) is 6.57. The molecule has 0 radical (unpaired) electrons. The Kier molecular flexibility index (Phi) is 3.03. The van der Waals surface area contributed by atoms with Crippen LogP contribution in [-0.2, 0) is 6.42 Å². The Balaban J connectivity index is 1.64. The lowest BCUT2D eigenvalue weighted by molar-refractivity contribution is 0.246. The maximum absolute atomic E-state index is 5.91. The van der Waals surface area contributed by atoms with E-state index in [0.717, 1.165) is 35.7 Å². The van der Waals surface area contributed by atoms with Gasteiger partial charge in [0.15, 0.2) is 0 Å². The molecule has 2 aromatic carbocycles. The van der Waals surface area contributed by atoms with E-state index in [0.29, 0.717) is 0 Å². The third-order valence-corrected chi connectivity index (χ3v) is 3.61. The molecule has 0 aliphatic carbocycles. The summed E-state index contributed by atoms with van der Waals surface area (Å²) in [5.41, 5.74) is 10.2. The molecule has 3 heteroatoms. The summed E-state index contributed by atoms with van der Waals surface area (Å²) in [6.45, 7) is 2.82. The molecule has 0 aromatic heterocycles. The van der Waals surface area contributed by atoms with Crippen molar-refractivity contribution in [2.75, 3.05) is 17.6 Å². The van der Waals surface area contributed by atoms with Gasteiger partial charge in [0.25, 0.3) is 0 Å². The van der Waals surface area contributed by atoms with Crippen molar-refractivity contribution in [3.8, 4) is 5.75 Å². The minimum atomic E-state index is 0.193. The van der Waals surface area contributed by atoms with Crippen LogP contribution in [0.1, 0.15) is 11.1 Å². The van der Waals surface area contributed by atoms with Gasteiger partial charge in [0, 0.05) is 17.8 Å². The Morgan fingerprint density at radius 1 is 1.21 bits per heavy atom. The fourth-order valence-corrected chi connectivity index (χ4v) is 2.44. The highest BCUT2D eigenvalue weighted by Crippen LogP contribution is 2.28. The number of ether oxygens (including phenoxy) is 1. The molecule has 0 spiro atoms. The van der Waals surface area contributed by atoms with Crippen molar-refractivity contribution >= 4 is 11.4 Å². The number of fused-ring (bicyclic) bond motifs is 1. The van der Waals surface area contributed by atoms with Gasteiger partial charge in [-0.1, -0.05) is 24.3 Å². The van der Waals surface area contributed by atoms with E-state index in [4.69, 9.17) is 10.5 Å². The lowest BCUT2D eigenvalue weighted by Gasteiger charge is -2.15. The van der Waals surface area contributed by atoms with E-state index in [-0.39, 0.29) is 6.10 Å². The summed E-state index contributed by atoms with van der Waals surface area (Å²) in [7, 11) is 0. The average Bonchev–Trinajstić information content (AvgIpc) is 2.83. The van der Waals surface area contributed by atoms with Crippen LogP contribution in [0.3, 0.4) is 0 Å². The fourth-order valence-electron chi connectivity index (χ4n) is 2.44. The van der Waals surface area contributed by atoms with Gasteiger partial charge in [-0.2, -0.15) is 0 Å². The summed E-state index contributed by atoms with van der Waals surface area (Å²) in [6, 6.07) is 14.2. The van der Waals surface area contributed by atoms with Crippen LogP contribution >= 0.6 is 0 Å². The highest BCUT2D eigenvalue weighted by molar-refractivity contribution is 5.62. The molecule has 0 saturated carbocycles. The number of rotatable bonds is 3. The molecule has 0 bridgehead atoms. The summed E-state index contributed by atoms with van der Waals surface area (Å²) < 4.78 is 5.91. The third-order valence-electron chi connectivity index (χ3n) is 3.61. The second kappa shape index (κ2) is 4.84. The van der Waals surface area contributed by atoms with Crippen molar-refractivity contribution < 1.29 is 4.74 Å². The molecule has 1 unspecified atom stereocenters. The summed E-state index contributed by atoms with van der Waals surface area (Å²) in [5, 5.41) is 3.43. The monoisotopic (exact) mass is 254 g/mol. The first-order chi connectivity index (χ1) is 9.24. The van der Waals surface area contributed by atoms with Gasteiger partial charge in [-0.05, 0) is 36.2 Å². The van der Waals surface area contributed by atoms with Gasteiger partial charge >= 0.3 is 0 Å². The lowest BCUT2D eigenvalue weighted by Crippen LogP contribution is -2.24. The third kappa shape index (κ3) is 2.36. The zero-order valence-corrected chi connectivity index (χ0v) is 11.0. The van der Waals surface area contributed by atoms with Gasteiger partial charge in [-0.3, -0.25) is 0 Å². The number of benzene rings is 2. The quantitative estimate of drug-likeness (QED) is 0.828. The number of para-hydroxylation sites is 1. The van der Waals surface area contributed by atoms with Crippen LogP contribution < -0.4 is 15.8 Å². The van der Waals surface area contributed by atoms with Crippen LogP contribution in [0.15, 0.2) is 42.5 Å². The van der Waals surface area contributed by atoms with Gasteiger partial charge < -0.3 is 15.8 Å². The molecular formula is C16H18N2O. The molecule has 3 rings (SSSR count). The molecule has 0 fully saturated rings. The van der Waals surface area contributed by atoms with Gasteiger partial charge in [0.2, 0.25) is 0 Å². The number of anilines is 2. The van der Waals surface area contributed by atoms with Crippen molar-refractivity contribution in [1.82, 2.24) is 0 Å². The topological polar surface area (TPSA) is 47.3 Å². The Labute approximate surface area is 113 Å². The number of nitrogens with one attached hydrogen (secondary N) is 1. The minimum absolute atomic E-state index is 0.193. The average molecular weight is 254 g/mol. The zero-order chi connectivity index (χ0) is 13.2. The SMILES string of the molecule is Cc1c(N)cccc1NCC1Cc2ccccc2O1. The summed E-state index contributed by atoms with van der Waals surface area (Å²) in [5.74, 6) is 1.01. The van der Waals surface area contributed by atoms with Gasteiger partial charge in [-0.25, -0.2) is 0 Å². The van der Waals surface area contributed by atoms with Crippen LogP contribution in [0, 0.1) is 6.92 Å². The van der Waals surface area contributed by atoms with E-state index in [1.54, 1.807) is 0 Å². The second-order valence-electron chi connectivity index (χ2n) is 4.95. The summed E-state index contributed by atoms with van der Waals surface area (Å²) in [6.07, 6.45) is 1.16. The molecule has 3 nitrogen and oxygen atoms in total. The van der Waals surface area contributed by atoms with Crippen LogP contribution in [0.2, 0.25) is 0 Å². The predicted octanol–water partition coefficient (Wildman–Crippen LogP) is 2.99. The highest BCUT2D eigenvalue weighted by Gasteiger charge is 2.21. The predicted molar refractivity (Wildman–Crippen MR) is 78.6 cm³/mol. The van der Waals surface area contributed by atoms with E-state index >= 15 is 0 Å². The first kappa shape index (κ1) is 11.9. The lowest BCUT2D eigenvalue weighted by atomic mass is 10.1. The maximum atomic E-state index is 5.91. The van der Waals surface area contributed by atoms with Crippen molar-refractivity contribution in [1.29, 1.82) is 0 Å². The highest BCUT2D eigenvalue weighted by atomic mass is 16.5. The van der Waals surface area contributed by atoms with Crippen molar-refractivity contribution in [2.24, 2.45) is 0 Å². The van der Waals surface area contributed by atoms with Crippen LogP contribution in [0.4, 0.5) is 11.4 Å². The molecule has 1 aliphatic heterocycles. The molecule has 0 saturated heterocycles. The Bertz CT molecular complexity index is 570. The Morgan fingerprint density at radius 3 is 2.89 bits per heavy atom. The molecular weight excluding hydrogens is 236 g/mol. The molecule has 1 heterocycles. The van der Waals surface area contributed by atoms with Gasteiger partial charge in [0.1, 0.15) is 11.9 Å². The summed E-state index contributed by atoms with van der Waals surface area (Å²) in [4.78, 5) is 0. The van der Waals surface area contributed by atoms with Crippen LogP contribution in [-0.4, -0.2) is 12.6 Å². The van der Waals surface area contributed by atoms with E-state index in [2.05, 4.69) is 17.4 Å². The van der Waals surface area contributed by atoms with Crippen molar-refractivity contribution in [3.05, 3.63) is 53.6 Å². The van der Waals surface area contributed by atoms with E-state index in [1.165, 1.54) is 5.56 Å². The largest absolute Gasteiger partial charge is 0.488 e. The number of nitrogens with two attached hydrogens (primary N) is 1. The molecule has 3 N–H and O–H groups in total. The zero-order valence-electron chi connectivity index (χ0n) is 11.0. The molecule has 19 heavy (non-hydrogen) atoms. The molecule has 1 atom stereocenters. The van der Waals surface area contributed by atoms with Crippen LogP contribution in [0.25, 0.3) is 0 Å². The molecule has 1 aliphatic rings. The van der Waals surface area contributed by atoms with Gasteiger partial charge in [0.05, 0.1) is 6.54 Å². The van der Waals surface area contributed by atoms with Gasteiger partial charge in [-0.15, -0.1) is 0 Å². The molecule has 0 amide bonds. The number of nitrogen functional groups attached to an aromatic ring is 1. The van der Waals surface area contributed by atoms with Crippen molar-refractivity contribution in [2.45, 2.75) is 19.4 Å². The van der Waals surface area contributed by atoms with E-state index in [9.17, 15) is 0 Å². The smallest absolute Gasteiger partial charge is 0.123 e. The normalized spacial score (nSPS) is 16.8. The standard InChI is InChI=1S/C16H18N2O/c1-11-14(17)6-4-7-15(11)18-10-13-9-12-5-2-3-8-16(12)19-13/h2-8,13,18H,9-10,17H2,1H3. The van der Waals surface area contributed by atoms with Crippen LogP contribution in [0.5, 0.6) is 5.75 Å². The van der Waals surface area contributed by atoms with Crippen molar-refractivity contribution in [3.63, 3.8) is 0 Å². The maximum Gasteiger partial charge on any atom is 0.123 e. The van der Waals surface area contributed by atoms with E-state index in [1.807, 2.05) is 37.3 Å². The second-order valence-corrected chi connectivity index (χ2v) is 4.95. The molecule has 2 aromatic rings. The Morgan fingerprint density at radius 2 is 2.05 bits per heavy atom. The fraction of sp³-hybridized carbons (Fsp3) is 0.250. The first-order valence-corrected chi connectivity index (χ1v) is 6.57. The minimum Gasteiger partial charge on any atom is -0.488 e. The number of hydrogen-bond acceptors (Lipinski definition) is 3. The molecule has 98 valence electrons. The van der Waals surface area contributed by atoms with E-state index < -0.39 is 0 Å².